The first-order valence-electron chi connectivity index (χ1n) is 7.19. The molecule has 0 radical (unpaired) electrons. The summed E-state index contributed by atoms with van der Waals surface area (Å²) in [5.74, 6) is 6.23. The molecular weight excluding hydrogens is 290 g/mol. The second kappa shape index (κ2) is 8.40. The first-order chi connectivity index (χ1) is 11.1. The highest BCUT2D eigenvalue weighted by Crippen LogP contribution is 2.07. The van der Waals surface area contributed by atoms with Crippen LogP contribution in [0.25, 0.3) is 0 Å². The van der Waals surface area contributed by atoms with Gasteiger partial charge < -0.3 is 10.1 Å². The van der Waals surface area contributed by atoms with Crippen LogP contribution in [0, 0.1) is 11.8 Å². The van der Waals surface area contributed by atoms with Crippen molar-refractivity contribution in [3.63, 3.8) is 0 Å². The Balaban J connectivity index is 1.74. The number of Topliss-reactive ketones (excluding diaryl/α,β-unsaturated/α-hetero) is 1. The fourth-order valence-electron chi connectivity index (χ4n) is 1.79. The van der Waals surface area contributed by atoms with E-state index in [1.165, 1.54) is 6.92 Å². The summed E-state index contributed by atoms with van der Waals surface area (Å²) in [7, 11) is 0. The SMILES string of the molecule is CC(=O)c1ccc(C#CCNC(=O)COc2ccccc2)cc1. The Bertz CT molecular complexity index is 725. The van der Waals surface area contributed by atoms with E-state index in [-0.39, 0.29) is 24.8 Å². The van der Waals surface area contributed by atoms with E-state index in [1.807, 2.05) is 18.2 Å². The monoisotopic (exact) mass is 307 g/mol. The molecule has 2 aromatic carbocycles. The van der Waals surface area contributed by atoms with E-state index in [4.69, 9.17) is 4.74 Å². The molecule has 2 aromatic rings. The number of hydrogen-bond donors (Lipinski definition) is 1. The molecule has 1 amide bonds. The van der Waals surface area contributed by atoms with E-state index in [1.54, 1.807) is 36.4 Å². The molecule has 23 heavy (non-hydrogen) atoms. The van der Waals surface area contributed by atoms with Crippen LogP contribution in [0.4, 0.5) is 0 Å². The van der Waals surface area contributed by atoms with E-state index in [9.17, 15) is 9.59 Å². The first kappa shape index (κ1) is 16.3. The number of benzene rings is 2. The zero-order valence-corrected chi connectivity index (χ0v) is 12.8. The Labute approximate surface area is 135 Å². The lowest BCUT2D eigenvalue weighted by Crippen LogP contribution is -2.29. The van der Waals surface area contributed by atoms with Crippen molar-refractivity contribution in [2.45, 2.75) is 6.92 Å². The number of rotatable bonds is 5. The number of carbonyl (C=O) groups is 2. The van der Waals surface area contributed by atoms with Crippen LogP contribution in [0.1, 0.15) is 22.8 Å². The highest BCUT2D eigenvalue weighted by atomic mass is 16.5. The van der Waals surface area contributed by atoms with Crippen molar-refractivity contribution in [3.8, 4) is 17.6 Å². The minimum Gasteiger partial charge on any atom is -0.484 e. The molecule has 0 aliphatic carbocycles. The van der Waals surface area contributed by atoms with Crippen molar-refractivity contribution in [2.24, 2.45) is 0 Å². The third-order valence-corrected chi connectivity index (χ3v) is 3.01. The minimum atomic E-state index is -0.227. The van der Waals surface area contributed by atoms with Gasteiger partial charge in [0, 0.05) is 11.1 Å². The van der Waals surface area contributed by atoms with E-state index < -0.39 is 0 Å². The standard InChI is InChI=1S/C19H17NO3/c1-15(21)17-11-9-16(10-12-17)6-5-13-20-19(22)14-23-18-7-3-2-4-8-18/h2-4,7-12H,13-14H2,1H3,(H,20,22). The highest BCUT2D eigenvalue weighted by Gasteiger charge is 2.00. The van der Waals surface area contributed by atoms with Gasteiger partial charge in [0.15, 0.2) is 12.4 Å². The molecule has 0 aromatic heterocycles. The topological polar surface area (TPSA) is 55.4 Å². The third kappa shape index (κ3) is 5.68. The van der Waals surface area contributed by atoms with Gasteiger partial charge in [-0.05, 0) is 31.2 Å². The van der Waals surface area contributed by atoms with Crippen molar-refractivity contribution in [3.05, 3.63) is 65.7 Å². The van der Waals surface area contributed by atoms with Crippen LogP contribution in [-0.4, -0.2) is 24.8 Å². The van der Waals surface area contributed by atoms with Gasteiger partial charge in [0.2, 0.25) is 0 Å². The molecule has 2 rings (SSSR count). The van der Waals surface area contributed by atoms with Gasteiger partial charge in [-0.15, -0.1) is 0 Å². The summed E-state index contributed by atoms with van der Waals surface area (Å²) >= 11 is 0. The molecule has 0 atom stereocenters. The van der Waals surface area contributed by atoms with E-state index >= 15 is 0 Å². The minimum absolute atomic E-state index is 0.0233. The Hall–Kier alpha value is -3.06. The summed E-state index contributed by atoms with van der Waals surface area (Å²) in [5.41, 5.74) is 1.45. The summed E-state index contributed by atoms with van der Waals surface area (Å²) < 4.78 is 5.33. The molecule has 0 unspecified atom stereocenters. The zero-order valence-electron chi connectivity index (χ0n) is 12.8. The number of ketones is 1. The highest BCUT2D eigenvalue weighted by molar-refractivity contribution is 5.94. The number of para-hydroxylation sites is 1. The van der Waals surface area contributed by atoms with Crippen LogP contribution < -0.4 is 10.1 Å². The maximum atomic E-state index is 11.6. The maximum Gasteiger partial charge on any atom is 0.258 e. The van der Waals surface area contributed by atoms with E-state index in [0.29, 0.717) is 11.3 Å². The van der Waals surface area contributed by atoms with Gasteiger partial charge in [0.1, 0.15) is 5.75 Å². The molecule has 0 saturated heterocycles. The van der Waals surface area contributed by atoms with Gasteiger partial charge in [-0.25, -0.2) is 0 Å². The zero-order chi connectivity index (χ0) is 16.5. The summed E-state index contributed by atoms with van der Waals surface area (Å²) in [5, 5.41) is 2.66. The summed E-state index contributed by atoms with van der Waals surface area (Å²) in [6.45, 7) is 1.72. The second-order valence-corrected chi connectivity index (χ2v) is 4.81. The molecule has 0 aliphatic heterocycles. The quantitative estimate of drug-likeness (QED) is 0.682. The number of nitrogens with one attached hydrogen (secondary N) is 1. The lowest BCUT2D eigenvalue weighted by molar-refractivity contribution is -0.122. The normalized spacial score (nSPS) is 9.43. The molecule has 0 aliphatic rings. The third-order valence-electron chi connectivity index (χ3n) is 3.01. The second-order valence-electron chi connectivity index (χ2n) is 4.81. The number of carbonyl (C=O) groups excluding carboxylic acids is 2. The molecule has 0 bridgehead atoms. The molecule has 0 heterocycles. The van der Waals surface area contributed by atoms with Crippen LogP contribution in [0.15, 0.2) is 54.6 Å². The fourth-order valence-corrected chi connectivity index (χ4v) is 1.79. The Morgan fingerprint density at radius 2 is 1.74 bits per heavy atom. The molecule has 4 nitrogen and oxygen atoms in total. The lowest BCUT2D eigenvalue weighted by atomic mass is 10.1. The van der Waals surface area contributed by atoms with Crippen molar-refractivity contribution >= 4 is 11.7 Å². The smallest absolute Gasteiger partial charge is 0.258 e. The summed E-state index contributed by atoms with van der Waals surface area (Å²) in [6.07, 6.45) is 0. The van der Waals surface area contributed by atoms with Gasteiger partial charge in [-0.3, -0.25) is 9.59 Å². The molecule has 0 fully saturated rings. The Kier molecular flexibility index (Phi) is 5.96. The number of amides is 1. The Morgan fingerprint density at radius 3 is 2.39 bits per heavy atom. The first-order valence-corrected chi connectivity index (χ1v) is 7.19. The van der Waals surface area contributed by atoms with Crippen LogP contribution in [-0.2, 0) is 4.79 Å². The largest absolute Gasteiger partial charge is 0.484 e. The van der Waals surface area contributed by atoms with Crippen LogP contribution in [0.3, 0.4) is 0 Å². The van der Waals surface area contributed by atoms with E-state index in [0.717, 1.165) is 5.56 Å². The molecule has 1 N–H and O–H groups in total. The average Bonchev–Trinajstić information content (AvgIpc) is 2.58. The molecular formula is C19H17NO3. The molecule has 4 heteroatoms. The van der Waals surface area contributed by atoms with Crippen LogP contribution in [0.2, 0.25) is 0 Å². The van der Waals surface area contributed by atoms with Gasteiger partial charge in [-0.1, -0.05) is 42.2 Å². The summed E-state index contributed by atoms with van der Waals surface area (Å²) in [4.78, 5) is 22.8. The van der Waals surface area contributed by atoms with Crippen LogP contribution >= 0.6 is 0 Å². The average molecular weight is 307 g/mol. The van der Waals surface area contributed by atoms with Gasteiger partial charge >= 0.3 is 0 Å². The maximum absolute atomic E-state index is 11.6. The number of ether oxygens (including phenoxy) is 1. The van der Waals surface area contributed by atoms with Gasteiger partial charge in [0.05, 0.1) is 6.54 Å². The summed E-state index contributed by atoms with van der Waals surface area (Å²) in [6, 6.07) is 16.2. The van der Waals surface area contributed by atoms with Crippen molar-refractivity contribution in [1.29, 1.82) is 0 Å². The van der Waals surface area contributed by atoms with Crippen molar-refractivity contribution in [1.82, 2.24) is 5.32 Å². The number of hydrogen-bond acceptors (Lipinski definition) is 3. The predicted molar refractivity (Wildman–Crippen MR) is 88.3 cm³/mol. The fraction of sp³-hybridized carbons (Fsp3) is 0.158. The van der Waals surface area contributed by atoms with Crippen molar-refractivity contribution in [2.75, 3.05) is 13.2 Å². The molecule has 0 saturated carbocycles. The Morgan fingerprint density at radius 1 is 1.04 bits per heavy atom. The lowest BCUT2D eigenvalue weighted by Gasteiger charge is -2.04. The van der Waals surface area contributed by atoms with Crippen molar-refractivity contribution < 1.29 is 14.3 Å². The predicted octanol–water partition coefficient (Wildman–Crippen LogP) is 2.44. The molecule has 116 valence electrons. The molecule has 0 spiro atoms. The van der Waals surface area contributed by atoms with Gasteiger partial charge in [-0.2, -0.15) is 0 Å². The van der Waals surface area contributed by atoms with Crippen LogP contribution in [0.5, 0.6) is 5.75 Å². The van der Waals surface area contributed by atoms with E-state index in [2.05, 4.69) is 17.2 Å². The van der Waals surface area contributed by atoms with Gasteiger partial charge in [0.25, 0.3) is 5.91 Å².